The van der Waals surface area contributed by atoms with Crippen molar-refractivity contribution >= 4 is 43.2 Å². The Labute approximate surface area is 183 Å². The second kappa shape index (κ2) is 8.12. The number of rotatable bonds is 5. The number of sulfonamides is 1. The first kappa shape index (κ1) is 20.4. The Morgan fingerprint density at radius 2 is 1.80 bits per heavy atom. The van der Waals surface area contributed by atoms with E-state index >= 15 is 0 Å². The van der Waals surface area contributed by atoms with Crippen molar-refractivity contribution in [3.05, 3.63) is 82.3 Å². The zero-order valence-corrected chi connectivity index (χ0v) is 18.5. The first-order valence-corrected chi connectivity index (χ1v) is 11.5. The number of methoxy groups -OCH3 is 1. The number of anilines is 2. The molecule has 1 amide bonds. The molecule has 0 fully saturated rings. The zero-order chi connectivity index (χ0) is 21.3. The first-order valence-electron chi connectivity index (χ1n) is 9.26. The van der Waals surface area contributed by atoms with Crippen LogP contribution in [0, 0.1) is 0 Å². The van der Waals surface area contributed by atoms with Gasteiger partial charge in [-0.25, -0.2) is 8.42 Å². The first-order chi connectivity index (χ1) is 14.4. The second-order valence-corrected chi connectivity index (χ2v) is 9.56. The van der Waals surface area contributed by atoms with Crippen LogP contribution in [0.3, 0.4) is 0 Å². The van der Waals surface area contributed by atoms with Crippen LogP contribution in [0.15, 0.2) is 76.1 Å². The molecule has 1 aliphatic heterocycles. The van der Waals surface area contributed by atoms with Crippen LogP contribution in [0.1, 0.15) is 15.9 Å². The molecule has 0 atom stereocenters. The number of halogens is 1. The number of nitrogens with one attached hydrogen (secondary N) is 1. The molecule has 30 heavy (non-hydrogen) atoms. The predicted octanol–water partition coefficient (Wildman–Crippen LogP) is 4.46. The summed E-state index contributed by atoms with van der Waals surface area (Å²) in [5, 5.41) is 2.78. The summed E-state index contributed by atoms with van der Waals surface area (Å²) >= 11 is 3.35. The Kier molecular flexibility index (Phi) is 5.53. The molecule has 3 aromatic carbocycles. The van der Waals surface area contributed by atoms with E-state index in [-0.39, 0.29) is 10.8 Å². The average Bonchev–Trinajstić information content (AvgIpc) is 3.19. The summed E-state index contributed by atoms with van der Waals surface area (Å²) in [6.07, 6.45) is 0.692. The van der Waals surface area contributed by atoms with E-state index in [9.17, 15) is 13.2 Å². The Morgan fingerprint density at radius 1 is 1.07 bits per heavy atom. The molecule has 6 nitrogen and oxygen atoms in total. The van der Waals surface area contributed by atoms with Crippen molar-refractivity contribution in [3.8, 4) is 5.75 Å². The number of carbonyl (C=O) groups excluding carboxylic acids is 1. The van der Waals surface area contributed by atoms with Crippen LogP contribution in [0.25, 0.3) is 0 Å². The van der Waals surface area contributed by atoms with Crippen molar-refractivity contribution in [2.24, 2.45) is 0 Å². The highest BCUT2D eigenvalue weighted by atomic mass is 79.9. The van der Waals surface area contributed by atoms with Crippen molar-refractivity contribution < 1.29 is 17.9 Å². The van der Waals surface area contributed by atoms with Gasteiger partial charge in [0, 0.05) is 16.7 Å². The minimum absolute atomic E-state index is 0.178. The van der Waals surface area contributed by atoms with Crippen molar-refractivity contribution in [2.45, 2.75) is 11.3 Å². The third kappa shape index (κ3) is 3.80. The van der Waals surface area contributed by atoms with E-state index in [2.05, 4.69) is 21.2 Å². The van der Waals surface area contributed by atoms with Gasteiger partial charge >= 0.3 is 0 Å². The molecule has 0 aromatic heterocycles. The number of para-hydroxylation sites is 1. The van der Waals surface area contributed by atoms with Gasteiger partial charge in [0.1, 0.15) is 5.75 Å². The van der Waals surface area contributed by atoms with Gasteiger partial charge in [0.15, 0.2) is 0 Å². The number of nitrogens with zero attached hydrogens (tertiary/aromatic N) is 1. The molecule has 0 unspecified atom stereocenters. The van der Waals surface area contributed by atoms with E-state index in [0.717, 1.165) is 15.7 Å². The monoisotopic (exact) mass is 486 g/mol. The van der Waals surface area contributed by atoms with Crippen molar-refractivity contribution in [2.75, 3.05) is 23.3 Å². The van der Waals surface area contributed by atoms with Gasteiger partial charge in [-0.3, -0.25) is 9.10 Å². The van der Waals surface area contributed by atoms with Crippen LogP contribution in [-0.2, 0) is 16.4 Å². The largest absolute Gasteiger partial charge is 0.496 e. The smallest absolute Gasteiger partial charge is 0.264 e. The summed E-state index contributed by atoms with van der Waals surface area (Å²) in [6.45, 7) is 0.419. The maximum absolute atomic E-state index is 13.1. The Balaban J connectivity index is 1.55. The molecule has 154 valence electrons. The van der Waals surface area contributed by atoms with Crippen LogP contribution in [0.4, 0.5) is 11.4 Å². The second-order valence-electron chi connectivity index (χ2n) is 6.78. The quantitative estimate of drug-likeness (QED) is 0.577. The van der Waals surface area contributed by atoms with Crippen molar-refractivity contribution in [3.63, 3.8) is 0 Å². The number of benzene rings is 3. The molecule has 0 radical (unpaired) electrons. The standard InChI is InChI=1S/C22H19BrN2O4S/c1-29-21-11-6-16(23)14-19(21)22(26)24-17-7-9-18(10-8-17)30(27,28)25-13-12-15-4-2-3-5-20(15)25/h2-11,14H,12-13H2,1H3,(H,24,26). The van der Waals surface area contributed by atoms with E-state index < -0.39 is 10.0 Å². The lowest BCUT2D eigenvalue weighted by Crippen LogP contribution is -2.29. The van der Waals surface area contributed by atoms with Gasteiger partial charge < -0.3 is 10.1 Å². The molecule has 0 bridgehead atoms. The Morgan fingerprint density at radius 3 is 2.53 bits per heavy atom. The molecule has 4 rings (SSSR count). The fourth-order valence-corrected chi connectivity index (χ4v) is 5.32. The molecule has 0 spiro atoms. The highest BCUT2D eigenvalue weighted by Crippen LogP contribution is 2.33. The number of hydrogen-bond donors (Lipinski definition) is 1. The normalized spacial score (nSPS) is 13.1. The zero-order valence-electron chi connectivity index (χ0n) is 16.1. The maximum Gasteiger partial charge on any atom is 0.264 e. The average molecular weight is 487 g/mol. The fourth-order valence-electron chi connectivity index (χ4n) is 3.45. The Bertz CT molecular complexity index is 1210. The minimum Gasteiger partial charge on any atom is -0.496 e. The minimum atomic E-state index is -3.67. The van der Waals surface area contributed by atoms with Gasteiger partial charge in [0.05, 0.1) is 23.3 Å². The summed E-state index contributed by atoms with van der Waals surface area (Å²) in [5.41, 5.74) is 2.60. The van der Waals surface area contributed by atoms with Gasteiger partial charge in [-0.1, -0.05) is 34.1 Å². The lowest BCUT2D eigenvalue weighted by Gasteiger charge is -2.19. The maximum atomic E-state index is 13.1. The van der Waals surface area contributed by atoms with Crippen LogP contribution in [0.2, 0.25) is 0 Å². The summed E-state index contributed by atoms with van der Waals surface area (Å²) in [5.74, 6) is 0.0971. The molecule has 3 aromatic rings. The van der Waals surface area contributed by atoms with Gasteiger partial charge in [-0.15, -0.1) is 0 Å². The number of amides is 1. The predicted molar refractivity (Wildman–Crippen MR) is 120 cm³/mol. The van der Waals surface area contributed by atoms with E-state index in [1.165, 1.54) is 23.5 Å². The van der Waals surface area contributed by atoms with Crippen molar-refractivity contribution in [1.82, 2.24) is 0 Å². The molecule has 1 N–H and O–H groups in total. The third-order valence-corrected chi connectivity index (χ3v) is 7.27. The van der Waals surface area contributed by atoms with Crippen LogP contribution in [-0.4, -0.2) is 28.0 Å². The van der Waals surface area contributed by atoms with Crippen molar-refractivity contribution in [1.29, 1.82) is 0 Å². The Hall–Kier alpha value is -2.84. The number of hydrogen-bond acceptors (Lipinski definition) is 4. The number of carbonyl (C=O) groups is 1. The molecule has 8 heteroatoms. The van der Waals surface area contributed by atoms with E-state index in [1.807, 2.05) is 24.3 Å². The highest BCUT2D eigenvalue weighted by Gasteiger charge is 2.30. The molecule has 1 aliphatic rings. The summed E-state index contributed by atoms with van der Waals surface area (Å²) in [4.78, 5) is 12.8. The highest BCUT2D eigenvalue weighted by molar-refractivity contribution is 9.10. The van der Waals surface area contributed by atoms with Crippen LogP contribution in [0.5, 0.6) is 5.75 Å². The molecule has 1 heterocycles. The number of fused-ring (bicyclic) bond motifs is 1. The molecular weight excluding hydrogens is 468 g/mol. The number of ether oxygens (including phenoxy) is 1. The van der Waals surface area contributed by atoms with E-state index in [4.69, 9.17) is 4.74 Å². The van der Waals surface area contributed by atoms with Gasteiger partial charge in [0.25, 0.3) is 15.9 Å². The summed E-state index contributed by atoms with van der Waals surface area (Å²) in [6, 6.07) is 18.8. The van der Waals surface area contributed by atoms with Crippen LogP contribution >= 0.6 is 15.9 Å². The summed E-state index contributed by atoms with van der Waals surface area (Å²) in [7, 11) is -2.18. The molecule has 0 saturated heterocycles. The SMILES string of the molecule is COc1ccc(Br)cc1C(=O)Nc1ccc(S(=O)(=O)N2CCc3ccccc32)cc1. The van der Waals surface area contributed by atoms with E-state index in [0.29, 0.717) is 30.0 Å². The van der Waals surface area contributed by atoms with Gasteiger partial charge in [-0.05, 0) is 60.5 Å². The molecule has 0 aliphatic carbocycles. The molecular formula is C22H19BrN2O4S. The fraction of sp³-hybridized carbons (Fsp3) is 0.136. The van der Waals surface area contributed by atoms with Gasteiger partial charge in [0.2, 0.25) is 0 Å². The lowest BCUT2D eigenvalue weighted by molar-refractivity contribution is 0.102. The van der Waals surface area contributed by atoms with Gasteiger partial charge in [-0.2, -0.15) is 0 Å². The van der Waals surface area contributed by atoms with E-state index in [1.54, 1.807) is 30.3 Å². The summed E-state index contributed by atoms with van der Waals surface area (Å²) < 4.78 is 33.6. The third-order valence-electron chi connectivity index (χ3n) is 4.95. The van der Waals surface area contributed by atoms with Crippen LogP contribution < -0.4 is 14.4 Å². The molecule has 0 saturated carbocycles. The lowest BCUT2D eigenvalue weighted by atomic mass is 10.2. The topological polar surface area (TPSA) is 75.7 Å².